The average Bonchev–Trinajstić information content (AvgIpc) is 2.74. The molecular weight excluding hydrogens is 360 g/mol. The van der Waals surface area contributed by atoms with E-state index in [0.29, 0.717) is 22.9 Å². The molecule has 0 saturated carbocycles. The Morgan fingerprint density at radius 2 is 1.89 bits per heavy atom. The number of hydrogen-bond acceptors (Lipinski definition) is 7. The topological polar surface area (TPSA) is 85.0 Å². The normalized spacial score (nSPS) is 14.4. The monoisotopic (exact) mass is 386 g/mol. The number of nitrogens with one attached hydrogen (secondary N) is 2. The molecular formula is C20H26N4O4. The molecule has 3 rings (SSSR count). The standard InChI is InChI=1S/C20H26N4O4/c1-26-18-4-3-16(14-19(18)27-2)23-20(25)17-13-15(5-6-22-17)21-7-8-24-9-11-28-12-10-24/h3-6,13-14H,7-12H2,1-2H3,(H,21,22)(H,23,25). The number of rotatable bonds is 8. The molecule has 0 atom stereocenters. The number of pyridine rings is 1. The van der Waals surface area contributed by atoms with Crippen LogP contribution < -0.4 is 20.1 Å². The fraction of sp³-hybridized carbons (Fsp3) is 0.400. The molecule has 150 valence electrons. The number of methoxy groups -OCH3 is 2. The highest BCUT2D eigenvalue weighted by molar-refractivity contribution is 6.03. The van der Waals surface area contributed by atoms with Crippen molar-refractivity contribution in [2.45, 2.75) is 0 Å². The Morgan fingerprint density at radius 3 is 2.64 bits per heavy atom. The Bertz CT molecular complexity index is 794. The Balaban J connectivity index is 1.57. The van der Waals surface area contributed by atoms with E-state index in [2.05, 4.69) is 20.5 Å². The summed E-state index contributed by atoms with van der Waals surface area (Å²) in [6.45, 7) is 5.21. The second-order valence-electron chi connectivity index (χ2n) is 6.33. The third-order valence-electron chi connectivity index (χ3n) is 4.49. The van der Waals surface area contributed by atoms with Gasteiger partial charge in [0.05, 0.1) is 27.4 Å². The molecule has 0 radical (unpaired) electrons. The number of anilines is 2. The minimum atomic E-state index is -0.288. The van der Waals surface area contributed by atoms with E-state index in [4.69, 9.17) is 14.2 Å². The van der Waals surface area contributed by atoms with Gasteiger partial charge >= 0.3 is 0 Å². The van der Waals surface area contributed by atoms with Gasteiger partial charge in [-0.25, -0.2) is 0 Å². The molecule has 2 aromatic rings. The van der Waals surface area contributed by atoms with Crippen LogP contribution in [0.5, 0.6) is 11.5 Å². The summed E-state index contributed by atoms with van der Waals surface area (Å²) in [6.07, 6.45) is 1.63. The maximum Gasteiger partial charge on any atom is 0.274 e. The van der Waals surface area contributed by atoms with E-state index in [0.717, 1.165) is 45.1 Å². The van der Waals surface area contributed by atoms with E-state index in [1.165, 1.54) is 0 Å². The van der Waals surface area contributed by atoms with E-state index in [1.807, 2.05) is 6.07 Å². The van der Waals surface area contributed by atoms with Crippen molar-refractivity contribution in [1.29, 1.82) is 0 Å². The summed E-state index contributed by atoms with van der Waals surface area (Å²) < 4.78 is 15.8. The quantitative estimate of drug-likeness (QED) is 0.719. The zero-order valence-electron chi connectivity index (χ0n) is 16.2. The Kier molecular flexibility index (Phi) is 7.05. The number of amides is 1. The van der Waals surface area contributed by atoms with Crippen LogP contribution >= 0.6 is 0 Å². The number of aromatic nitrogens is 1. The van der Waals surface area contributed by atoms with Crippen molar-refractivity contribution in [2.24, 2.45) is 0 Å². The van der Waals surface area contributed by atoms with E-state index in [1.54, 1.807) is 44.7 Å². The van der Waals surface area contributed by atoms with E-state index < -0.39 is 0 Å². The Labute approximate surface area is 164 Å². The molecule has 28 heavy (non-hydrogen) atoms. The van der Waals surface area contributed by atoms with Gasteiger partial charge in [0.2, 0.25) is 0 Å². The first-order valence-electron chi connectivity index (χ1n) is 9.23. The van der Waals surface area contributed by atoms with E-state index >= 15 is 0 Å². The summed E-state index contributed by atoms with van der Waals surface area (Å²) in [5.74, 6) is 0.862. The van der Waals surface area contributed by atoms with Gasteiger partial charge in [0.15, 0.2) is 11.5 Å². The first-order valence-corrected chi connectivity index (χ1v) is 9.23. The van der Waals surface area contributed by atoms with Crippen molar-refractivity contribution in [3.8, 4) is 11.5 Å². The predicted octanol–water partition coefficient (Wildman–Crippen LogP) is 2.10. The summed E-state index contributed by atoms with van der Waals surface area (Å²) in [7, 11) is 3.12. The minimum absolute atomic E-state index is 0.288. The second-order valence-corrected chi connectivity index (χ2v) is 6.33. The van der Waals surface area contributed by atoms with Crippen molar-refractivity contribution in [2.75, 3.05) is 64.2 Å². The number of benzene rings is 1. The highest BCUT2D eigenvalue weighted by Crippen LogP contribution is 2.29. The highest BCUT2D eigenvalue weighted by atomic mass is 16.5. The Morgan fingerprint density at radius 1 is 1.11 bits per heavy atom. The molecule has 0 bridgehead atoms. The van der Waals surface area contributed by atoms with Gasteiger partial charge in [0.25, 0.3) is 5.91 Å². The molecule has 1 aliphatic rings. The number of hydrogen-bond donors (Lipinski definition) is 2. The largest absolute Gasteiger partial charge is 0.493 e. The lowest BCUT2D eigenvalue weighted by molar-refractivity contribution is 0.0398. The molecule has 1 aromatic carbocycles. The SMILES string of the molecule is COc1ccc(NC(=O)c2cc(NCCN3CCOCC3)ccn2)cc1OC. The number of nitrogens with zero attached hydrogens (tertiary/aromatic N) is 2. The van der Waals surface area contributed by atoms with Crippen molar-refractivity contribution in [1.82, 2.24) is 9.88 Å². The molecule has 1 amide bonds. The first-order chi connectivity index (χ1) is 13.7. The number of carbonyl (C=O) groups is 1. The maximum atomic E-state index is 12.5. The predicted molar refractivity (Wildman–Crippen MR) is 107 cm³/mol. The third-order valence-corrected chi connectivity index (χ3v) is 4.49. The highest BCUT2D eigenvalue weighted by Gasteiger charge is 2.12. The van der Waals surface area contributed by atoms with Crippen LogP contribution in [-0.2, 0) is 4.74 Å². The van der Waals surface area contributed by atoms with Gasteiger partial charge in [0, 0.05) is 49.8 Å². The lowest BCUT2D eigenvalue weighted by Gasteiger charge is -2.26. The molecule has 2 N–H and O–H groups in total. The fourth-order valence-electron chi connectivity index (χ4n) is 2.96. The fourth-order valence-corrected chi connectivity index (χ4v) is 2.96. The van der Waals surface area contributed by atoms with Crippen molar-refractivity contribution >= 4 is 17.3 Å². The minimum Gasteiger partial charge on any atom is -0.493 e. The van der Waals surface area contributed by atoms with Crippen LogP contribution in [0, 0.1) is 0 Å². The van der Waals surface area contributed by atoms with Gasteiger partial charge < -0.3 is 24.8 Å². The van der Waals surface area contributed by atoms with Crippen LogP contribution in [0.15, 0.2) is 36.5 Å². The summed E-state index contributed by atoms with van der Waals surface area (Å²) in [5.41, 5.74) is 1.81. The van der Waals surface area contributed by atoms with Gasteiger partial charge in [-0.15, -0.1) is 0 Å². The molecule has 1 fully saturated rings. The summed E-state index contributed by atoms with van der Waals surface area (Å²) in [5, 5.41) is 6.18. The number of carbonyl (C=O) groups excluding carboxylic acids is 1. The zero-order chi connectivity index (χ0) is 19.8. The van der Waals surface area contributed by atoms with Gasteiger partial charge in [0.1, 0.15) is 5.69 Å². The molecule has 1 saturated heterocycles. The molecule has 8 nitrogen and oxygen atoms in total. The molecule has 1 aromatic heterocycles. The van der Waals surface area contributed by atoms with E-state index in [-0.39, 0.29) is 5.91 Å². The molecule has 0 unspecified atom stereocenters. The molecule has 0 spiro atoms. The average molecular weight is 386 g/mol. The molecule has 1 aliphatic heterocycles. The molecule has 2 heterocycles. The van der Waals surface area contributed by atoms with Crippen LogP contribution in [0.4, 0.5) is 11.4 Å². The van der Waals surface area contributed by atoms with Crippen molar-refractivity contribution < 1.29 is 19.0 Å². The second kappa shape index (κ2) is 9.91. The van der Waals surface area contributed by atoms with Crippen LogP contribution in [0.1, 0.15) is 10.5 Å². The van der Waals surface area contributed by atoms with Crippen molar-refractivity contribution in [3.63, 3.8) is 0 Å². The summed E-state index contributed by atoms with van der Waals surface area (Å²) >= 11 is 0. The summed E-state index contributed by atoms with van der Waals surface area (Å²) in [6, 6.07) is 8.80. The van der Waals surface area contributed by atoms with Crippen LogP contribution in [0.3, 0.4) is 0 Å². The van der Waals surface area contributed by atoms with Gasteiger partial charge in [-0.2, -0.15) is 0 Å². The van der Waals surface area contributed by atoms with E-state index in [9.17, 15) is 4.79 Å². The van der Waals surface area contributed by atoms with Crippen LogP contribution in [0.2, 0.25) is 0 Å². The van der Waals surface area contributed by atoms with Gasteiger partial charge in [-0.1, -0.05) is 0 Å². The molecule has 8 heteroatoms. The Hall–Kier alpha value is -2.84. The number of ether oxygens (including phenoxy) is 3. The number of morpholine rings is 1. The first kappa shape index (κ1) is 19.9. The third kappa shape index (κ3) is 5.34. The lowest BCUT2D eigenvalue weighted by atomic mass is 10.2. The van der Waals surface area contributed by atoms with Gasteiger partial charge in [-0.3, -0.25) is 14.7 Å². The maximum absolute atomic E-state index is 12.5. The molecule has 0 aliphatic carbocycles. The summed E-state index contributed by atoms with van der Waals surface area (Å²) in [4.78, 5) is 19.1. The van der Waals surface area contributed by atoms with Crippen molar-refractivity contribution in [3.05, 3.63) is 42.2 Å². The van der Waals surface area contributed by atoms with Gasteiger partial charge in [-0.05, 0) is 24.3 Å². The smallest absolute Gasteiger partial charge is 0.274 e. The van der Waals surface area contributed by atoms with Crippen LogP contribution in [0.25, 0.3) is 0 Å². The van der Waals surface area contributed by atoms with Crippen LogP contribution in [-0.4, -0.2) is 69.4 Å². The zero-order valence-corrected chi connectivity index (χ0v) is 16.2. The lowest BCUT2D eigenvalue weighted by Crippen LogP contribution is -2.39.